The van der Waals surface area contributed by atoms with Gasteiger partial charge in [0.2, 0.25) is 0 Å². The van der Waals surface area contributed by atoms with E-state index in [1.165, 1.54) is 6.26 Å². The Morgan fingerprint density at radius 1 is 1.15 bits per heavy atom. The Labute approximate surface area is 198 Å². The maximum absolute atomic E-state index is 13.0. The lowest BCUT2D eigenvalue weighted by Crippen LogP contribution is -2.47. The van der Waals surface area contributed by atoms with Crippen LogP contribution in [0, 0.1) is 6.92 Å². The zero-order valence-corrected chi connectivity index (χ0v) is 20.2. The normalized spacial score (nSPS) is 22.9. The molecule has 0 aliphatic carbocycles. The third-order valence-electron chi connectivity index (χ3n) is 6.68. The van der Waals surface area contributed by atoms with Crippen LogP contribution in [0.5, 0.6) is 0 Å². The molecule has 0 radical (unpaired) electrons. The molecule has 2 bridgehead atoms. The van der Waals surface area contributed by atoms with Crippen LogP contribution in [-0.4, -0.2) is 71.1 Å². The fraction of sp³-hybridized carbons (Fsp3) is 0.522. The molecule has 182 valence electrons. The summed E-state index contributed by atoms with van der Waals surface area (Å²) >= 11 is 0. The van der Waals surface area contributed by atoms with Gasteiger partial charge in [0, 0.05) is 54.1 Å². The maximum atomic E-state index is 13.0. The highest BCUT2D eigenvalue weighted by atomic mass is 32.2. The Bertz CT molecular complexity index is 1280. The summed E-state index contributed by atoms with van der Waals surface area (Å²) in [6.07, 6.45) is 5.29. The van der Waals surface area contributed by atoms with E-state index in [1.54, 1.807) is 6.07 Å². The Morgan fingerprint density at radius 2 is 1.91 bits per heavy atom. The van der Waals surface area contributed by atoms with E-state index in [4.69, 9.17) is 4.98 Å². The minimum absolute atomic E-state index is 0.119. The van der Waals surface area contributed by atoms with Crippen LogP contribution < -0.4 is 10.6 Å². The van der Waals surface area contributed by atoms with Gasteiger partial charge in [0.25, 0.3) is 0 Å². The molecule has 3 aromatic rings. The van der Waals surface area contributed by atoms with Crippen molar-refractivity contribution in [2.45, 2.75) is 56.5 Å². The van der Waals surface area contributed by atoms with Gasteiger partial charge in [-0.1, -0.05) is 0 Å². The van der Waals surface area contributed by atoms with Crippen LogP contribution in [0.25, 0.3) is 10.9 Å². The van der Waals surface area contributed by atoms with Crippen LogP contribution in [-0.2, 0) is 15.6 Å². The zero-order chi connectivity index (χ0) is 23.9. The van der Waals surface area contributed by atoms with E-state index in [1.807, 2.05) is 25.1 Å². The van der Waals surface area contributed by atoms with Crippen molar-refractivity contribution in [2.75, 3.05) is 30.1 Å². The molecule has 3 aromatic heterocycles. The minimum atomic E-state index is -3.20. The third kappa shape index (κ3) is 5.00. The highest BCUT2D eigenvalue weighted by molar-refractivity contribution is 7.89. The molecule has 0 amide bonds. The monoisotopic (exact) mass is 487 g/mol. The van der Waals surface area contributed by atoms with Crippen molar-refractivity contribution in [1.82, 2.24) is 25.1 Å². The number of aromatic amines is 1. The molecule has 0 aromatic carbocycles. The number of sulfone groups is 1. The van der Waals surface area contributed by atoms with E-state index in [2.05, 4.69) is 30.7 Å². The second-order valence-corrected chi connectivity index (χ2v) is 11.6. The number of hydrogen-bond acceptors (Lipinski definition) is 8. The lowest BCUT2D eigenvalue weighted by Gasteiger charge is -2.39. The highest BCUT2D eigenvalue weighted by Gasteiger charge is 2.40. The van der Waals surface area contributed by atoms with Gasteiger partial charge in [0.15, 0.2) is 15.7 Å². The average molecular weight is 488 g/mol. The van der Waals surface area contributed by atoms with Crippen LogP contribution in [0.15, 0.2) is 24.3 Å². The number of H-pyrrole nitrogens is 1. The molecule has 0 saturated carbocycles. The van der Waals surface area contributed by atoms with Gasteiger partial charge in [-0.2, -0.15) is 5.10 Å². The molecule has 2 aliphatic rings. The van der Waals surface area contributed by atoms with E-state index in [9.17, 15) is 12.8 Å². The van der Waals surface area contributed by atoms with E-state index in [0.717, 1.165) is 36.8 Å². The number of pyridine rings is 2. The van der Waals surface area contributed by atoms with Gasteiger partial charge in [0.1, 0.15) is 18.3 Å². The summed E-state index contributed by atoms with van der Waals surface area (Å²) in [5, 5.41) is 14.8. The molecule has 2 saturated heterocycles. The summed E-state index contributed by atoms with van der Waals surface area (Å²) < 4.78 is 36.6. The summed E-state index contributed by atoms with van der Waals surface area (Å²) in [4.78, 5) is 11.8. The summed E-state index contributed by atoms with van der Waals surface area (Å²) in [5.41, 5.74) is 2.07. The number of anilines is 3. The number of aromatic nitrogens is 4. The number of fused-ring (bicyclic) bond motifs is 3. The molecule has 9 nitrogen and oxygen atoms in total. The summed E-state index contributed by atoms with van der Waals surface area (Å²) in [6, 6.07) is 8.33. The van der Waals surface area contributed by atoms with Crippen molar-refractivity contribution < 1.29 is 12.8 Å². The number of nitrogens with zero attached hydrogens (tertiary/aromatic N) is 4. The van der Waals surface area contributed by atoms with Gasteiger partial charge in [-0.05, 0) is 44.7 Å². The van der Waals surface area contributed by atoms with E-state index in [-0.39, 0.29) is 18.5 Å². The number of rotatable bonds is 8. The smallest absolute Gasteiger partial charge is 0.153 e. The predicted molar refractivity (Wildman–Crippen MR) is 131 cm³/mol. The summed E-state index contributed by atoms with van der Waals surface area (Å²) in [7, 11) is -3.20. The Balaban J connectivity index is 1.46. The van der Waals surface area contributed by atoms with Gasteiger partial charge in [-0.15, -0.1) is 0 Å². The van der Waals surface area contributed by atoms with Gasteiger partial charge >= 0.3 is 0 Å². The zero-order valence-electron chi connectivity index (χ0n) is 19.4. The average Bonchev–Trinajstić information content (AvgIpc) is 3.26. The minimum Gasteiger partial charge on any atom is -0.367 e. The van der Waals surface area contributed by atoms with Crippen LogP contribution >= 0.6 is 0 Å². The number of nitrogens with one attached hydrogen (secondary N) is 3. The summed E-state index contributed by atoms with van der Waals surface area (Å²) in [5.74, 6) is 1.80. The quantitative estimate of drug-likeness (QED) is 0.443. The van der Waals surface area contributed by atoms with Gasteiger partial charge in [-0.3, -0.25) is 15.0 Å². The standard InChI is InChI=1S/C23H30FN7O2S/c1-14-9-22(30-29-14)27-21-12-20-19(6-3-15(25-20)13-34(2,32)33)23(28-21)26-16-10-17-4-5-18(11-16)31(17)8-7-24/h3,6,9,12,16-18H,4-5,7-8,10-11,13H2,1-2H3,(H3,26,27,28,29,30)/t16?,17-,18+. The van der Waals surface area contributed by atoms with E-state index >= 15 is 0 Å². The van der Waals surface area contributed by atoms with Crippen LogP contribution in [0.3, 0.4) is 0 Å². The van der Waals surface area contributed by atoms with Crippen LogP contribution in [0.1, 0.15) is 37.1 Å². The van der Waals surface area contributed by atoms with Gasteiger partial charge in [-0.25, -0.2) is 17.8 Å². The maximum Gasteiger partial charge on any atom is 0.153 e. The molecular formula is C23H30FN7O2S. The van der Waals surface area contributed by atoms with E-state index < -0.39 is 9.84 Å². The van der Waals surface area contributed by atoms with Crippen LogP contribution in [0.2, 0.25) is 0 Å². The number of hydrogen-bond donors (Lipinski definition) is 3. The Morgan fingerprint density at radius 3 is 2.56 bits per heavy atom. The van der Waals surface area contributed by atoms with Crippen molar-refractivity contribution in [2.24, 2.45) is 0 Å². The van der Waals surface area contributed by atoms with Gasteiger partial charge in [0.05, 0.1) is 17.0 Å². The molecule has 0 spiro atoms. The molecule has 5 rings (SSSR count). The van der Waals surface area contributed by atoms with Crippen molar-refractivity contribution >= 4 is 38.2 Å². The third-order valence-corrected chi connectivity index (χ3v) is 7.50. The molecular weight excluding hydrogens is 457 g/mol. The Hall–Kier alpha value is -2.79. The first-order valence-electron chi connectivity index (χ1n) is 11.6. The number of halogens is 1. The molecule has 34 heavy (non-hydrogen) atoms. The first-order chi connectivity index (χ1) is 16.3. The first kappa shape index (κ1) is 23.0. The molecule has 5 heterocycles. The highest BCUT2D eigenvalue weighted by Crippen LogP contribution is 2.37. The van der Waals surface area contributed by atoms with E-state index in [0.29, 0.717) is 47.3 Å². The molecule has 2 aliphatic heterocycles. The largest absolute Gasteiger partial charge is 0.367 e. The second-order valence-electron chi connectivity index (χ2n) is 9.48. The lowest BCUT2D eigenvalue weighted by atomic mass is 9.97. The van der Waals surface area contributed by atoms with Gasteiger partial charge < -0.3 is 10.6 Å². The summed E-state index contributed by atoms with van der Waals surface area (Å²) in [6.45, 7) is 2.12. The van der Waals surface area contributed by atoms with Crippen LogP contribution in [0.4, 0.5) is 21.8 Å². The molecule has 3 atom stereocenters. The Kier molecular flexibility index (Phi) is 6.15. The first-order valence-corrected chi connectivity index (χ1v) is 13.7. The van der Waals surface area contributed by atoms with Crippen molar-refractivity contribution in [3.63, 3.8) is 0 Å². The predicted octanol–water partition coefficient (Wildman–Crippen LogP) is 3.33. The van der Waals surface area contributed by atoms with Crippen molar-refractivity contribution in [1.29, 1.82) is 0 Å². The molecule has 1 unspecified atom stereocenters. The number of aryl methyl sites for hydroxylation is 1. The molecule has 11 heteroatoms. The fourth-order valence-electron chi connectivity index (χ4n) is 5.35. The van der Waals surface area contributed by atoms with Crippen molar-refractivity contribution in [3.05, 3.63) is 35.7 Å². The SMILES string of the molecule is Cc1cc(Nc2cc3nc(CS(C)(=O)=O)ccc3c(NC3C[C@H]4CC[C@@H](C3)N4CCF)n2)n[nH]1. The molecule has 2 fully saturated rings. The topological polar surface area (TPSA) is 116 Å². The lowest BCUT2D eigenvalue weighted by molar-refractivity contribution is 0.123. The van der Waals surface area contributed by atoms with Crippen molar-refractivity contribution in [3.8, 4) is 0 Å². The second kappa shape index (κ2) is 9.10. The fourth-order valence-corrected chi connectivity index (χ4v) is 6.05. The number of alkyl halides is 1. The molecule has 3 N–H and O–H groups in total. The number of piperidine rings is 1.